The molecule has 1 heteroatoms. The van der Waals surface area contributed by atoms with Crippen LogP contribution >= 0.6 is 0 Å². The largest absolute Gasteiger partial charge is 0.384 e. The lowest BCUT2D eigenvalue weighted by Gasteiger charge is -2.20. The third-order valence-corrected chi connectivity index (χ3v) is 3.94. The van der Waals surface area contributed by atoms with Gasteiger partial charge in [0.05, 0.1) is 0 Å². The van der Waals surface area contributed by atoms with Crippen molar-refractivity contribution in [3.8, 4) is 0 Å². The van der Waals surface area contributed by atoms with E-state index < -0.39 is 6.10 Å². The van der Waals surface area contributed by atoms with Crippen molar-refractivity contribution in [1.82, 2.24) is 0 Å². The molecule has 0 fully saturated rings. The van der Waals surface area contributed by atoms with Crippen molar-refractivity contribution in [2.24, 2.45) is 0 Å². The predicted octanol–water partition coefficient (Wildman–Crippen LogP) is 4.68. The number of aliphatic hydroxyl groups excluding tert-OH is 1. The number of hydrogen-bond donors (Lipinski definition) is 1. The van der Waals surface area contributed by atoms with Gasteiger partial charge in [-0.05, 0) is 47.1 Å². The minimum absolute atomic E-state index is 0.143. The summed E-state index contributed by atoms with van der Waals surface area (Å²) >= 11 is 0. The van der Waals surface area contributed by atoms with E-state index in [2.05, 4.69) is 58.9 Å². The van der Waals surface area contributed by atoms with Crippen molar-refractivity contribution in [2.45, 2.75) is 46.1 Å². The molecule has 2 aromatic carbocycles. The molecule has 0 aliphatic carbocycles. The van der Waals surface area contributed by atoms with Gasteiger partial charge in [-0.3, -0.25) is 0 Å². The molecule has 1 atom stereocenters. The highest BCUT2D eigenvalue weighted by atomic mass is 16.3. The maximum atomic E-state index is 10.5. The summed E-state index contributed by atoms with van der Waals surface area (Å²) in [6.45, 7) is 10.8. The van der Waals surface area contributed by atoms with Crippen LogP contribution in [0.3, 0.4) is 0 Å². The molecule has 1 nitrogen and oxygen atoms in total. The number of hydrogen-bond acceptors (Lipinski definition) is 1. The van der Waals surface area contributed by atoms with Crippen LogP contribution < -0.4 is 0 Å². The Kier molecular flexibility index (Phi) is 4.01. The number of aliphatic hydroxyl groups is 1. The standard InChI is InChI=1S/C19H24O/c1-13-6-7-16(12-14(13)2)18(20)15-8-10-17(11-9-15)19(3,4)5/h6-12,18,20H,1-5H3. The van der Waals surface area contributed by atoms with Gasteiger partial charge in [0.15, 0.2) is 0 Å². The normalized spacial score (nSPS) is 13.3. The molecule has 0 saturated carbocycles. The fourth-order valence-electron chi connectivity index (χ4n) is 2.29. The number of rotatable bonds is 2. The predicted molar refractivity (Wildman–Crippen MR) is 85.1 cm³/mol. The third-order valence-electron chi connectivity index (χ3n) is 3.94. The van der Waals surface area contributed by atoms with Crippen LogP contribution in [0.4, 0.5) is 0 Å². The SMILES string of the molecule is Cc1ccc(C(O)c2ccc(C(C)(C)C)cc2)cc1C. The lowest BCUT2D eigenvalue weighted by molar-refractivity contribution is 0.220. The first-order valence-corrected chi connectivity index (χ1v) is 7.14. The molecule has 0 aliphatic heterocycles. The third kappa shape index (κ3) is 3.10. The van der Waals surface area contributed by atoms with Gasteiger partial charge in [-0.1, -0.05) is 63.2 Å². The van der Waals surface area contributed by atoms with Crippen molar-refractivity contribution in [1.29, 1.82) is 0 Å². The van der Waals surface area contributed by atoms with Gasteiger partial charge in [0.25, 0.3) is 0 Å². The summed E-state index contributed by atoms with van der Waals surface area (Å²) in [5.74, 6) is 0. The average Bonchev–Trinajstić information content (AvgIpc) is 2.40. The van der Waals surface area contributed by atoms with Crippen LogP contribution in [0.2, 0.25) is 0 Å². The molecule has 2 aromatic rings. The smallest absolute Gasteiger partial charge is 0.104 e. The van der Waals surface area contributed by atoms with E-state index >= 15 is 0 Å². The maximum Gasteiger partial charge on any atom is 0.104 e. The molecule has 1 N–H and O–H groups in total. The number of benzene rings is 2. The second-order valence-electron chi connectivity index (χ2n) is 6.62. The van der Waals surface area contributed by atoms with Crippen molar-refractivity contribution in [2.75, 3.05) is 0 Å². The monoisotopic (exact) mass is 268 g/mol. The van der Waals surface area contributed by atoms with E-state index in [0.717, 1.165) is 11.1 Å². The van der Waals surface area contributed by atoms with Gasteiger partial charge in [-0.2, -0.15) is 0 Å². The Balaban J connectivity index is 2.29. The van der Waals surface area contributed by atoms with Gasteiger partial charge in [-0.25, -0.2) is 0 Å². The van der Waals surface area contributed by atoms with Crippen LogP contribution in [0, 0.1) is 13.8 Å². The zero-order valence-electron chi connectivity index (χ0n) is 13.1. The zero-order chi connectivity index (χ0) is 14.9. The van der Waals surface area contributed by atoms with Crippen molar-refractivity contribution >= 4 is 0 Å². The molecule has 106 valence electrons. The quantitative estimate of drug-likeness (QED) is 0.838. The van der Waals surface area contributed by atoms with E-state index in [4.69, 9.17) is 0 Å². The lowest BCUT2D eigenvalue weighted by Crippen LogP contribution is -2.11. The molecular weight excluding hydrogens is 244 g/mol. The van der Waals surface area contributed by atoms with Crippen molar-refractivity contribution in [3.63, 3.8) is 0 Å². The summed E-state index contributed by atoms with van der Waals surface area (Å²) in [6, 6.07) is 14.4. The van der Waals surface area contributed by atoms with Crippen LogP contribution in [-0.4, -0.2) is 5.11 Å². The second kappa shape index (κ2) is 5.41. The second-order valence-corrected chi connectivity index (χ2v) is 6.62. The first-order chi connectivity index (χ1) is 9.29. The average molecular weight is 268 g/mol. The van der Waals surface area contributed by atoms with Crippen LogP contribution in [0.5, 0.6) is 0 Å². The Morgan fingerprint density at radius 3 is 1.85 bits per heavy atom. The molecule has 0 radical (unpaired) electrons. The van der Waals surface area contributed by atoms with E-state index in [1.165, 1.54) is 16.7 Å². The molecule has 0 bridgehead atoms. The van der Waals surface area contributed by atoms with Gasteiger partial charge in [-0.15, -0.1) is 0 Å². The molecule has 2 rings (SSSR count). The van der Waals surface area contributed by atoms with E-state index in [1.807, 2.05) is 18.2 Å². The van der Waals surface area contributed by atoms with E-state index in [0.29, 0.717) is 0 Å². The molecule has 0 saturated heterocycles. The molecule has 0 amide bonds. The van der Waals surface area contributed by atoms with Gasteiger partial charge in [0.1, 0.15) is 6.10 Å². The molecule has 20 heavy (non-hydrogen) atoms. The fraction of sp³-hybridized carbons (Fsp3) is 0.368. The first-order valence-electron chi connectivity index (χ1n) is 7.14. The van der Waals surface area contributed by atoms with Gasteiger partial charge < -0.3 is 5.11 Å². The summed E-state index contributed by atoms with van der Waals surface area (Å²) in [5.41, 5.74) is 5.80. The molecular formula is C19H24O. The van der Waals surface area contributed by atoms with E-state index in [1.54, 1.807) is 0 Å². The summed E-state index contributed by atoms with van der Waals surface area (Å²) in [7, 11) is 0. The summed E-state index contributed by atoms with van der Waals surface area (Å²) in [4.78, 5) is 0. The topological polar surface area (TPSA) is 20.2 Å². The molecule has 0 spiro atoms. The van der Waals surface area contributed by atoms with E-state index in [9.17, 15) is 5.11 Å². The molecule has 0 aliphatic rings. The minimum Gasteiger partial charge on any atom is -0.384 e. The van der Waals surface area contributed by atoms with Crippen LogP contribution in [0.25, 0.3) is 0 Å². The Morgan fingerprint density at radius 2 is 1.35 bits per heavy atom. The van der Waals surface area contributed by atoms with Crippen LogP contribution in [-0.2, 0) is 5.41 Å². The van der Waals surface area contributed by atoms with Crippen LogP contribution in [0.1, 0.15) is 54.7 Å². The highest BCUT2D eigenvalue weighted by Crippen LogP contribution is 2.27. The summed E-state index contributed by atoms with van der Waals surface area (Å²) in [6.07, 6.45) is -0.552. The zero-order valence-corrected chi connectivity index (χ0v) is 13.1. The van der Waals surface area contributed by atoms with Gasteiger partial charge in [0, 0.05) is 0 Å². The van der Waals surface area contributed by atoms with Crippen molar-refractivity contribution in [3.05, 3.63) is 70.3 Å². The first kappa shape index (κ1) is 14.8. The molecule has 1 unspecified atom stereocenters. The van der Waals surface area contributed by atoms with Crippen LogP contribution in [0.15, 0.2) is 42.5 Å². The maximum absolute atomic E-state index is 10.5. The molecule has 0 heterocycles. The fourth-order valence-corrected chi connectivity index (χ4v) is 2.29. The summed E-state index contributed by atoms with van der Waals surface area (Å²) < 4.78 is 0. The highest BCUT2D eigenvalue weighted by molar-refractivity contribution is 5.37. The van der Waals surface area contributed by atoms with Gasteiger partial charge in [0.2, 0.25) is 0 Å². The van der Waals surface area contributed by atoms with E-state index in [-0.39, 0.29) is 5.41 Å². The lowest BCUT2D eigenvalue weighted by atomic mass is 9.86. The van der Waals surface area contributed by atoms with Crippen molar-refractivity contribution < 1.29 is 5.11 Å². The Labute approximate surface area is 122 Å². The summed E-state index contributed by atoms with van der Waals surface area (Å²) in [5, 5.41) is 10.5. The number of aryl methyl sites for hydroxylation is 2. The Hall–Kier alpha value is -1.60. The van der Waals surface area contributed by atoms with Gasteiger partial charge >= 0.3 is 0 Å². The Morgan fingerprint density at radius 1 is 0.800 bits per heavy atom. The highest BCUT2D eigenvalue weighted by Gasteiger charge is 2.15. The minimum atomic E-state index is -0.552. The Bertz CT molecular complexity index is 588. The molecule has 0 aromatic heterocycles.